The van der Waals surface area contributed by atoms with Gasteiger partial charge in [0.15, 0.2) is 0 Å². The zero-order chi connectivity index (χ0) is 16.5. The van der Waals surface area contributed by atoms with Gasteiger partial charge < -0.3 is 4.74 Å². The molecule has 0 aromatic heterocycles. The minimum Gasteiger partial charge on any atom is -0.492 e. The van der Waals surface area contributed by atoms with Crippen LogP contribution in [-0.2, 0) is 9.59 Å². The number of ether oxygens (including phenoxy) is 1. The Hall–Kier alpha value is -1.06. The van der Waals surface area contributed by atoms with E-state index < -0.39 is 5.92 Å². The third-order valence-electron chi connectivity index (χ3n) is 3.51. The van der Waals surface area contributed by atoms with Crippen LogP contribution in [0.25, 0.3) is 0 Å². The average Bonchev–Trinajstić information content (AvgIpc) is 2.51. The Morgan fingerprint density at radius 3 is 2.27 bits per heavy atom. The fraction of sp³-hybridized carbons (Fsp3) is 0.529. The maximum Gasteiger partial charge on any atom is 0.143 e. The van der Waals surface area contributed by atoms with Gasteiger partial charge in [-0.2, -0.15) is 0 Å². The third-order valence-corrected chi connectivity index (χ3v) is 4.04. The molecule has 0 spiro atoms. The van der Waals surface area contributed by atoms with Crippen molar-refractivity contribution in [3.63, 3.8) is 0 Å². The Kier molecular flexibility index (Phi) is 8.51. The molecule has 0 aliphatic heterocycles. The van der Waals surface area contributed by atoms with Gasteiger partial charge in [0, 0.05) is 17.9 Å². The lowest BCUT2D eigenvalue weighted by Gasteiger charge is -2.13. The van der Waals surface area contributed by atoms with Crippen molar-refractivity contribution in [2.24, 2.45) is 5.92 Å². The van der Waals surface area contributed by atoms with Crippen LogP contribution in [0.4, 0.5) is 0 Å². The summed E-state index contributed by atoms with van der Waals surface area (Å²) in [5.41, 5.74) is 0. The molecule has 0 amide bonds. The van der Waals surface area contributed by atoms with Gasteiger partial charge in [0.05, 0.1) is 17.5 Å². The quantitative estimate of drug-likeness (QED) is 0.437. The topological polar surface area (TPSA) is 43.4 Å². The number of hydrogen-bond acceptors (Lipinski definition) is 3. The standard InChI is InChI=1S/C17H22Cl2O3/c1-3-15(20)13(16(21)4-2)7-5-6-10-22-17-9-8-12(18)11-14(17)19/h8-9,11,13H,3-7,10H2,1-2H3. The lowest BCUT2D eigenvalue weighted by atomic mass is 9.90. The van der Waals surface area contributed by atoms with Gasteiger partial charge in [0.2, 0.25) is 0 Å². The summed E-state index contributed by atoms with van der Waals surface area (Å²) >= 11 is 11.8. The number of unbranched alkanes of at least 4 members (excludes halogenated alkanes) is 1. The molecule has 1 rings (SSSR count). The number of benzene rings is 1. The van der Waals surface area contributed by atoms with E-state index in [2.05, 4.69) is 0 Å². The van der Waals surface area contributed by atoms with Gasteiger partial charge in [-0.3, -0.25) is 9.59 Å². The molecule has 1 aromatic rings. The molecule has 1 aromatic carbocycles. The van der Waals surface area contributed by atoms with Gasteiger partial charge in [-0.1, -0.05) is 37.0 Å². The van der Waals surface area contributed by atoms with Crippen molar-refractivity contribution in [2.45, 2.75) is 46.0 Å². The van der Waals surface area contributed by atoms with Crippen LogP contribution in [0.3, 0.4) is 0 Å². The predicted molar refractivity (Wildman–Crippen MR) is 89.9 cm³/mol. The van der Waals surface area contributed by atoms with Crippen molar-refractivity contribution in [1.29, 1.82) is 0 Å². The van der Waals surface area contributed by atoms with Gasteiger partial charge in [-0.15, -0.1) is 0 Å². The average molecular weight is 345 g/mol. The molecule has 0 aliphatic carbocycles. The molecule has 122 valence electrons. The summed E-state index contributed by atoms with van der Waals surface area (Å²) in [7, 11) is 0. The number of carbonyl (C=O) groups excluding carboxylic acids is 2. The van der Waals surface area contributed by atoms with E-state index in [-0.39, 0.29) is 11.6 Å². The van der Waals surface area contributed by atoms with E-state index in [0.29, 0.717) is 41.7 Å². The van der Waals surface area contributed by atoms with Crippen molar-refractivity contribution < 1.29 is 14.3 Å². The van der Waals surface area contributed by atoms with Gasteiger partial charge in [-0.05, 0) is 37.5 Å². The Bertz CT molecular complexity index is 499. The van der Waals surface area contributed by atoms with Crippen molar-refractivity contribution in [3.05, 3.63) is 28.2 Å². The monoisotopic (exact) mass is 344 g/mol. The maximum absolute atomic E-state index is 11.8. The van der Waals surface area contributed by atoms with E-state index in [1.807, 2.05) is 0 Å². The second kappa shape index (κ2) is 9.86. The van der Waals surface area contributed by atoms with Crippen LogP contribution in [0.5, 0.6) is 5.75 Å². The summed E-state index contributed by atoms with van der Waals surface area (Å²) in [5, 5.41) is 1.05. The first-order valence-corrected chi connectivity index (χ1v) is 8.38. The molecule has 0 N–H and O–H groups in total. The van der Waals surface area contributed by atoms with E-state index in [1.54, 1.807) is 32.0 Å². The molecule has 0 atom stereocenters. The van der Waals surface area contributed by atoms with Gasteiger partial charge >= 0.3 is 0 Å². The number of hydrogen-bond donors (Lipinski definition) is 0. The zero-order valence-corrected chi connectivity index (χ0v) is 14.5. The molecule has 0 saturated carbocycles. The van der Waals surface area contributed by atoms with Gasteiger partial charge in [0.1, 0.15) is 17.3 Å². The number of carbonyl (C=O) groups is 2. The molecular weight excluding hydrogens is 323 g/mol. The Morgan fingerprint density at radius 2 is 1.73 bits per heavy atom. The van der Waals surface area contributed by atoms with Crippen LogP contribution in [0.2, 0.25) is 10.0 Å². The highest BCUT2D eigenvalue weighted by atomic mass is 35.5. The summed E-state index contributed by atoms with van der Waals surface area (Å²) in [4.78, 5) is 23.6. The zero-order valence-electron chi connectivity index (χ0n) is 13.0. The first-order valence-electron chi connectivity index (χ1n) is 7.62. The SMILES string of the molecule is CCC(=O)C(CCCCOc1ccc(Cl)cc1Cl)C(=O)CC. The van der Waals surface area contributed by atoms with E-state index in [1.165, 1.54) is 0 Å². The van der Waals surface area contributed by atoms with Crippen molar-refractivity contribution in [2.75, 3.05) is 6.61 Å². The van der Waals surface area contributed by atoms with Crippen LogP contribution < -0.4 is 4.74 Å². The van der Waals surface area contributed by atoms with E-state index in [9.17, 15) is 9.59 Å². The highest BCUT2D eigenvalue weighted by Crippen LogP contribution is 2.27. The molecule has 22 heavy (non-hydrogen) atoms. The molecule has 0 fully saturated rings. The summed E-state index contributed by atoms with van der Waals surface area (Å²) in [6.45, 7) is 4.09. The lowest BCUT2D eigenvalue weighted by molar-refractivity contribution is -0.132. The van der Waals surface area contributed by atoms with Crippen LogP contribution in [0.1, 0.15) is 46.0 Å². The molecule has 0 saturated heterocycles. The first-order chi connectivity index (χ1) is 10.5. The van der Waals surface area contributed by atoms with Crippen molar-refractivity contribution in [3.8, 4) is 5.75 Å². The normalized spacial score (nSPS) is 10.8. The Labute approximate surface area is 141 Å². The second-order valence-corrected chi connectivity index (χ2v) is 5.95. The highest BCUT2D eigenvalue weighted by molar-refractivity contribution is 6.35. The molecule has 3 nitrogen and oxygen atoms in total. The summed E-state index contributed by atoms with van der Waals surface area (Å²) < 4.78 is 5.59. The fourth-order valence-electron chi connectivity index (χ4n) is 2.22. The van der Waals surface area contributed by atoms with Gasteiger partial charge in [-0.25, -0.2) is 0 Å². The number of halogens is 2. The van der Waals surface area contributed by atoms with Crippen LogP contribution >= 0.6 is 23.2 Å². The van der Waals surface area contributed by atoms with Crippen LogP contribution in [0.15, 0.2) is 18.2 Å². The number of ketones is 2. The lowest BCUT2D eigenvalue weighted by Crippen LogP contribution is -2.23. The van der Waals surface area contributed by atoms with Crippen LogP contribution in [-0.4, -0.2) is 18.2 Å². The summed E-state index contributed by atoms with van der Waals surface area (Å²) in [6.07, 6.45) is 2.95. The Morgan fingerprint density at radius 1 is 1.09 bits per heavy atom. The predicted octanol–water partition coefficient (Wildman–Crippen LogP) is 5.12. The number of rotatable bonds is 10. The number of Topliss-reactive ketones (excluding diaryl/α,β-unsaturated/α-hetero) is 2. The Balaban J connectivity index is 2.37. The molecular formula is C17H22Cl2O3. The molecule has 0 heterocycles. The second-order valence-electron chi connectivity index (χ2n) is 5.11. The van der Waals surface area contributed by atoms with Gasteiger partial charge in [0.25, 0.3) is 0 Å². The molecule has 0 unspecified atom stereocenters. The van der Waals surface area contributed by atoms with Crippen molar-refractivity contribution >= 4 is 34.8 Å². The first kappa shape index (κ1) is 19.0. The largest absolute Gasteiger partial charge is 0.492 e. The van der Waals surface area contributed by atoms with E-state index in [4.69, 9.17) is 27.9 Å². The van der Waals surface area contributed by atoms with E-state index in [0.717, 1.165) is 12.8 Å². The summed E-state index contributed by atoms with van der Waals surface area (Å²) in [5.74, 6) is 0.216. The highest BCUT2D eigenvalue weighted by Gasteiger charge is 2.22. The molecule has 0 radical (unpaired) electrons. The summed E-state index contributed by atoms with van der Waals surface area (Å²) in [6, 6.07) is 5.08. The smallest absolute Gasteiger partial charge is 0.143 e. The fourth-order valence-corrected chi connectivity index (χ4v) is 2.68. The minimum atomic E-state index is -0.450. The van der Waals surface area contributed by atoms with Crippen molar-refractivity contribution in [1.82, 2.24) is 0 Å². The molecule has 0 bridgehead atoms. The molecule has 0 aliphatic rings. The van der Waals surface area contributed by atoms with Crippen LogP contribution in [0, 0.1) is 5.92 Å². The van der Waals surface area contributed by atoms with E-state index >= 15 is 0 Å². The minimum absolute atomic E-state index is 0.0357. The third kappa shape index (κ3) is 5.98. The molecule has 5 heteroatoms. The maximum atomic E-state index is 11.8.